The van der Waals surface area contributed by atoms with Gasteiger partial charge in [-0.25, -0.2) is 13.1 Å². The van der Waals surface area contributed by atoms with Crippen LogP contribution in [0.15, 0.2) is 64.0 Å². The Balaban J connectivity index is 1.49. The number of nitrogens with zero attached hydrogens (tertiary/aromatic N) is 1. The van der Waals surface area contributed by atoms with Crippen LogP contribution in [0.4, 0.5) is 5.69 Å². The van der Waals surface area contributed by atoms with Crippen molar-refractivity contribution in [2.24, 2.45) is 0 Å². The predicted octanol–water partition coefficient (Wildman–Crippen LogP) is 2.85. The minimum Gasteiger partial charge on any atom is -0.497 e. The minimum atomic E-state index is -3.94. The molecule has 0 aliphatic heterocycles. The normalized spacial score (nSPS) is 14.4. The number of carbonyl (C=O) groups is 2. The average Bonchev–Trinajstić information content (AvgIpc) is 3.43. The first-order chi connectivity index (χ1) is 15.2. The monoisotopic (exact) mass is 455 g/mol. The van der Waals surface area contributed by atoms with Crippen molar-refractivity contribution in [2.75, 3.05) is 12.4 Å². The van der Waals surface area contributed by atoms with Crippen LogP contribution in [0.5, 0.6) is 5.75 Å². The van der Waals surface area contributed by atoms with Gasteiger partial charge in [0.05, 0.1) is 23.1 Å². The fourth-order valence-corrected chi connectivity index (χ4v) is 4.34. The molecule has 1 saturated carbocycles. The van der Waals surface area contributed by atoms with Crippen molar-refractivity contribution in [2.45, 2.75) is 30.1 Å². The van der Waals surface area contributed by atoms with Gasteiger partial charge in [0.15, 0.2) is 5.76 Å². The number of sulfonamides is 1. The van der Waals surface area contributed by atoms with Crippen molar-refractivity contribution in [1.29, 1.82) is 0 Å². The highest BCUT2D eigenvalue weighted by Crippen LogP contribution is 2.49. The molecule has 1 heterocycles. The summed E-state index contributed by atoms with van der Waals surface area (Å²) < 4.78 is 36.7. The van der Waals surface area contributed by atoms with E-state index in [1.54, 1.807) is 13.2 Å². The number of ether oxygens (including phenoxy) is 1. The van der Waals surface area contributed by atoms with E-state index in [1.807, 2.05) is 29.0 Å². The predicted molar refractivity (Wildman–Crippen MR) is 115 cm³/mol. The lowest BCUT2D eigenvalue weighted by Gasteiger charge is -2.13. The zero-order valence-corrected chi connectivity index (χ0v) is 18.2. The molecular weight excluding hydrogens is 434 g/mol. The van der Waals surface area contributed by atoms with Gasteiger partial charge in [-0.2, -0.15) is 0 Å². The molecule has 10 heteroatoms. The number of amides is 2. The second kappa shape index (κ2) is 8.12. The van der Waals surface area contributed by atoms with E-state index in [0.29, 0.717) is 35.7 Å². The zero-order chi connectivity index (χ0) is 22.9. The summed E-state index contributed by atoms with van der Waals surface area (Å²) in [5, 5.41) is 6.93. The molecule has 1 fully saturated rings. The number of hydrogen-bond acceptors (Lipinski definition) is 7. The van der Waals surface area contributed by atoms with Gasteiger partial charge < -0.3 is 14.6 Å². The maximum Gasteiger partial charge on any atom is 0.264 e. The second-order valence-corrected chi connectivity index (χ2v) is 9.21. The number of aromatic nitrogens is 1. The van der Waals surface area contributed by atoms with Crippen LogP contribution in [0.25, 0.3) is 11.3 Å². The lowest BCUT2D eigenvalue weighted by Crippen LogP contribution is -2.29. The first kappa shape index (κ1) is 21.6. The van der Waals surface area contributed by atoms with E-state index in [9.17, 15) is 18.0 Å². The molecule has 2 N–H and O–H groups in total. The summed E-state index contributed by atoms with van der Waals surface area (Å²) in [5.41, 5.74) is 0.967. The molecule has 1 aliphatic rings. The van der Waals surface area contributed by atoms with E-state index in [2.05, 4.69) is 10.5 Å². The molecule has 2 aromatic carbocycles. The van der Waals surface area contributed by atoms with Crippen LogP contribution in [-0.2, 0) is 25.0 Å². The Labute approximate surface area is 184 Å². The van der Waals surface area contributed by atoms with Crippen molar-refractivity contribution in [3.8, 4) is 17.1 Å². The summed E-state index contributed by atoms with van der Waals surface area (Å²) in [6.45, 7) is 1.12. The highest BCUT2D eigenvalue weighted by Gasteiger charge is 2.53. The summed E-state index contributed by atoms with van der Waals surface area (Å²) >= 11 is 0. The number of methoxy groups -OCH3 is 1. The van der Waals surface area contributed by atoms with E-state index in [4.69, 9.17) is 9.26 Å². The van der Waals surface area contributed by atoms with Crippen LogP contribution in [0.2, 0.25) is 0 Å². The maximum atomic E-state index is 13.0. The largest absolute Gasteiger partial charge is 0.497 e. The summed E-state index contributed by atoms with van der Waals surface area (Å²) in [5.74, 6) is 0.285. The molecule has 3 aromatic rings. The fourth-order valence-electron chi connectivity index (χ4n) is 3.35. The third-order valence-corrected chi connectivity index (χ3v) is 6.69. The van der Waals surface area contributed by atoms with Gasteiger partial charge in [0.25, 0.3) is 10.0 Å². The van der Waals surface area contributed by atoms with E-state index >= 15 is 0 Å². The first-order valence-corrected chi connectivity index (χ1v) is 11.3. The van der Waals surface area contributed by atoms with Crippen LogP contribution in [0.3, 0.4) is 0 Å². The minimum absolute atomic E-state index is 0.0775. The Bertz CT molecular complexity index is 1280. The molecule has 1 aliphatic carbocycles. The Morgan fingerprint density at radius 1 is 1.09 bits per heavy atom. The average molecular weight is 455 g/mol. The van der Waals surface area contributed by atoms with Crippen molar-refractivity contribution in [3.63, 3.8) is 0 Å². The van der Waals surface area contributed by atoms with Crippen LogP contribution in [0.1, 0.15) is 25.5 Å². The Morgan fingerprint density at radius 3 is 2.44 bits per heavy atom. The number of carbonyl (C=O) groups excluding carboxylic acids is 2. The van der Waals surface area contributed by atoms with Crippen LogP contribution < -0.4 is 14.8 Å². The van der Waals surface area contributed by atoms with Crippen LogP contribution >= 0.6 is 0 Å². The van der Waals surface area contributed by atoms with E-state index in [0.717, 1.165) is 12.5 Å². The topological polar surface area (TPSA) is 128 Å². The fraction of sp³-hybridized carbons (Fsp3) is 0.227. The third-order valence-electron chi connectivity index (χ3n) is 5.24. The van der Waals surface area contributed by atoms with Gasteiger partial charge in [-0.15, -0.1) is 0 Å². The van der Waals surface area contributed by atoms with Gasteiger partial charge in [-0.1, -0.05) is 17.3 Å². The Morgan fingerprint density at radius 2 is 1.81 bits per heavy atom. The number of rotatable bonds is 7. The first-order valence-electron chi connectivity index (χ1n) is 9.80. The molecule has 1 aromatic heterocycles. The number of nitrogens with one attached hydrogen (secondary N) is 2. The summed E-state index contributed by atoms with van der Waals surface area (Å²) in [6.07, 6.45) is 1.25. The van der Waals surface area contributed by atoms with Gasteiger partial charge in [0.1, 0.15) is 5.75 Å². The van der Waals surface area contributed by atoms with Crippen molar-refractivity contribution >= 4 is 27.5 Å². The van der Waals surface area contributed by atoms with Gasteiger partial charge in [0, 0.05) is 24.2 Å². The smallest absolute Gasteiger partial charge is 0.264 e. The third kappa shape index (κ3) is 4.22. The summed E-state index contributed by atoms with van der Waals surface area (Å²) in [7, 11) is -2.36. The highest BCUT2D eigenvalue weighted by atomic mass is 32.2. The SMILES string of the molecule is COc1cccc(-c2cc(C3(C(=O)Nc4ccc(S(=O)(=O)NC(C)=O)cc4)CC3)no2)c1. The van der Waals surface area contributed by atoms with Gasteiger partial charge in [0.2, 0.25) is 11.8 Å². The molecule has 9 nitrogen and oxygen atoms in total. The Kier molecular flexibility index (Phi) is 5.47. The molecule has 2 amide bonds. The maximum absolute atomic E-state index is 13.0. The van der Waals surface area contributed by atoms with Crippen molar-refractivity contribution in [3.05, 3.63) is 60.3 Å². The molecule has 0 atom stereocenters. The molecular formula is C22H21N3O6S. The zero-order valence-electron chi connectivity index (χ0n) is 17.4. The van der Waals surface area contributed by atoms with Gasteiger partial charge >= 0.3 is 0 Å². The van der Waals surface area contributed by atoms with E-state index in [1.165, 1.54) is 24.3 Å². The van der Waals surface area contributed by atoms with Gasteiger partial charge in [-0.05, 0) is 49.2 Å². The van der Waals surface area contributed by atoms with E-state index < -0.39 is 21.3 Å². The molecule has 0 saturated heterocycles. The number of hydrogen-bond donors (Lipinski definition) is 2. The molecule has 4 rings (SSSR count). The van der Waals surface area contributed by atoms with Crippen LogP contribution in [-0.4, -0.2) is 32.5 Å². The number of benzene rings is 2. The summed E-state index contributed by atoms with van der Waals surface area (Å²) in [4.78, 5) is 24.0. The molecule has 0 spiro atoms. The standard InChI is InChI=1S/C22H21N3O6S/c1-14(26)25-32(28,29)18-8-6-16(7-9-18)23-21(27)22(10-11-22)20-13-19(31-24-20)15-4-3-5-17(12-15)30-2/h3-9,12-13H,10-11H2,1-2H3,(H,23,27)(H,25,26). The van der Waals surface area contributed by atoms with E-state index in [-0.39, 0.29) is 10.8 Å². The molecule has 0 radical (unpaired) electrons. The molecule has 0 bridgehead atoms. The lowest BCUT2D eigenvalue weighted by atomic mass is 10.00. The quantitative estimate of drug-likeness (QED) is 0.561. The summed E-state index contributed by atoms with van der Waals surface area (Å²) in [6, 6.07) is 14.7. The number of anilines is 1. The van der Waals surface area contributed by atoms with Crippen molar-refractivity contribution < 1.29 is 27.3 Å². The molecule has 32 heavy (non-hydrogen) atoms. The van der Waals surface area contributed by atoms with Gasteiger partial charge in [-0.3, -0.25) is 9.59 Å². The van der Waals surface area contributed by atoms with Crippen LogP contribution in [0, 0.1) is 0 Å². The van der Waals surface area contributed by atoms with Crippen molar-refractivity contribution in [1.82, 2.24) is 9.88 Å². The molecule has 0 unspecified atom stereocenters. The highest BCUT2D eigenvalue weighted by molar-refractivity contribution is 7.90. The molecule has 166 valence electrons. The Hall–Kier alpha value is -3.66. The lowest BCUT2D eigenvalue weighted by molar-refractivity contribution is -0.119. The second-order valence-electron chi connectivity index (χ2n) is 7.53.